The lowest BCUT2D eigenvalue weighted by molar-refractivity contribution is 0.196. The SMILES string of the molecule is C1=NN2CCC1CC2. The molecule has 1 saturated heterocycles. The van der Waals surface area contributed by atoms with Crippen molar-refractivity contribution in [2.45, 2.75) is 12.8 Å². The molecule has 0 aromatic heterocycles. The highest BCUT2D eigenvalue weighted by Crippen LogP contribution is 2.19. The van der Waals surface area contributed by atoms with Gasteiger partial charge in [-0.05, 0) is 18.8 Å². The summed E-state index contributed by atoms with van der Waals surface area (Å²) in [5.41, 5.74) is 0. The maximum atomic E-state index is 4.21. The standard InChI is InChI=1S/C6H10N2/c1-3-8-4-2-6(1)5-7-8/h5-6H,1-4H2. The van der Waals surface area contributed by atoms with Gasteiger partial charge in [0.1, 0.15) is 0 Å². The summed E-state index contributed by atoms with van der Waals surface area (Å²) in [4.78, 5) is 0. The topological polar surface area (TPSA) is 15.6 Å². The molecule has 0 radical (unpaired) electrons. The summed E-state index contributed by atoms with van der Waals surface area (Å²) >= 11 is 0. The Balaban J connectivity index is 2.20. The van der Waals surface area contributed by atoms with E-state index in [2.05, 4.69) is 16.3 Å². The predicted molar refractivity (Wildman–Crippen MR) is 32.8 cm³/mol. The van der Waals surface area contributed by atoms with Crippen LogP contribution in [-0.4, -0.2) is 24.3 Å². The van der Waals surface area contributed by atoms with Gasteiger partial charge in [0.25, 0.3) is 0 Å². The average Bonchev–Trinajstić information content (AvgIpc) is 1.92. The van der Waals surface area contributed by atoms with Crippen molar-refractivity contribution < 1.29 is 0 Å². The fourth-order valence-corrected chi connectivity index (χ4v) is 1.34. The molecule has 0 spiro atoms. The number of hydrazone groups is 1. The second kappa shape index (κ2) is 1.47. The molecule has 3 aliphatic rings. The number of piperidine rings is 1. The summed E-state index contributed by atoms with van der Waals surface area (Å²) in [5, 5.41) is 6.36. The summed E-state index contributed by atoms with van der Waals surface area (Å²) in [6.07, 6.45) is 4.76. The summed E-state index contributed by atoms with van der Waals surface area (Å²) < 4.78 is 0. The molecule has 3 rings (SSSR count). The van der Waals surface area contributed by atoms with Crippen LogP contribution in [0.5, 0.6) is 0 Å². The van der Waals surface area contributed by atoms with E-state index in [1.807, 2.05) is 0 Å². The fourth-order valence-electron chi connectivity index (χ4n) is 1.34. The number of rotatable bonds is 0. The molecule has 3 aliphatic heterocycles. The van der Waals surface area contributed by atoms with Crippen molar-refractivity contribution in [1.82, 2.24) is 5.01 Å². The van der Waals surface area contributed by atoms with Crippen molar-refractivity contribution in [3.63, 3.8) is 0 Å². The van der Waals surface area contributed by atoms with E-state index in [0.717, 1.165) is 5.92 Å². The summed E-state index contributed by atoms with van der Waals surface area (Å²) in [5.74, 6) is 0.819. The van der Waals surface area contributed by atoms with E-state index in [4.69, 9.17) is 0 Å². The summed E-state index contributed by atoms with van der Waals surface area (Å²) in [6, 6.07) is 0. The molecular formula is C6H10N2. The Kier molecular flexibility index (Phi) is 0.802. The molecule has 0 aromatic rings. The maximum Gasteiger partial charge on any atom is 0.0366 e. The van der Waals surface area contributed by atoms with Crippen molar-refractivity contribution >= 4 is 6.21 Å². The van der Waals surface area contributed by atoms with Crippen molar-refractivity contribution in [3.8, 4) is 0 Å². The van der Waals surface area contributed by atoms with Gasteiger partial charge in [-0.1, -0.05) is 0 Å². The molecule has 0 atom stereocenters. The van der Waals surface area contributed by atoms with Crippen molar-refractivity contribution in [3.05, 3.63) is 0 Å². The highest BCUT2D eigenvalue weighted by Gasteiger charge is 2.20. The van der Waals surface area contributed by atoms with Gasteiger partial charge in [0.05, 0.1) is 0 Å². The fraction of sp³-hybridized carbons (Fsp3) is 0.833. The first-order chi connectivity index (χ1) is 3.95. The minimum Gasteiger partial charge on any atom is -0.297 e. The lowest BCUT2D eigenvalue weighted by Gasteiger charge is -2.32. The molecule has 2 bridgehead atoms. The Bertz CT molecular complexity index is 97.7. The van der Waals surface area contributed by atoms with Gasteiger partial charge in [0.2, 0.25) is 0 Å². The van der Waals surface area contributed by atoms with Gasteiger partial charge in [-0.2, -0.15) is 5.10 Å². The predicted octanol–water partition coefficient (Wildman–Crippen LogP) is 0.698. The zero-order chi connectivity index (χ0) is 5.40. The largest absolute Gasteiger partial charge is 0.297 e. The second-order valence-corrected chi connectivity index (χ2v) is 2.56. The minimum absolute atomic E-state index is 0.819. The summed E-state index contributed by atoms with van der Waals surface area (Å²) in [7, 11) is 0. The quantitative estimate of drug-likeness (QED) is 0.448. The molecule has 2 heteroatoms. The average molecular weight is 110 g/mol. The Labute approximate surface area is 49.2 Å². The molecule has 0 N–H and O–H groups in total. The normalized spacial score (nSPS) is 27.2. The lowest BCUT2D eigenvalue weighted by Crippen LogP contribution is -2.35. The van der Waals surface area contributed by atoms with Crippen LogP contribution < -0.4 is 0 Å². The Morgan fingerprint density at radius 1 is 1.38 bits per heavy atom. The van der Waals surface area contributed by atoms with Crippen LogP contribution in [0.4, 0.5) is 0 Å². The van der Waals surface area contributed by atoms with Crippen LogP contribution in [0.2, 0.25) is 0 Å². The molecule has 2 nitrogen and oxygen atoms in total. The first-order valence-electron chi connectivity index (χ1n) is 3.24. The molecule has 0 unspecified atom stereocenters. The van der Waals surface area contributed by atoms with E-state index in [0.29, 0.717) is 0 Å². The zero-order valence-corrected chi connectivity index (χ0v) is 4.88. The van der Waals surface area contributed by atoms with Crippen LogP contribution >= 0.6 is 0 Å². The minimum atomic E-state index is 0.819. The van der Waals surface area contributed by atoms with Crippen molar-refractivity contribution in [1.29, 1.82) is 0 Å². The van der Waals surface area contributed by atoms with Crippen LogP contribution in [0, 0.1) is 5.92 Å². The third-order valence-corrected chi connectivity index (χ3v) is 1.96. The number of fused-ring (bicyclic) bond motifs is 2. The van der Waals surface area contributed by atoms with Gasteiger partial charge in [0, 0.05) is 19.3 Å². The van der Waals surface area contributed by atoms with Gasteiger partial charge in [-0.25, -0.2) is 0 Å². The molecule has 0 amide bonds. The molecular weight excluding hydrogens is 100 g/mol. The van der Waals surface area contributed by atoms with Crippen LogP contribution in [0.15, 0.2) is 5.10 Å². The molecule has 1 fully saturated rings. The lowest BCUT2D eigenvalue weighted by atomic mass is 9.98. The van der Waals surface area contributed by atoms with E-state index in [1.165, 1.54) is 25.9 Å². The maximum absolute atomic E-state index is 4.21. The molecule has 0 saturated carbocycles. The summed E-state index contributed by atoms with van der Waals surface area (Å²) in [6.45, 7) is 2.39. The highest BCUT2D eigenvalue weighted by atomic mass is 15.5. The molecule has 0 aliphatic carbocycles. The Morgan fingerprint density at radius 2 is 2.12 bits per heavy atom. The number of hydrogen-bond donors (Lipinski definition) is 0. The first-order valence-corrected chi connectivity index (χ1v) is 3.24. The molecule has 3 heterocycles. The van der Waals surface area contributed by atoms with Crippen molar-refractivity contribution in [2.75, 3.05) is 13.1 Å². The van der Waals surface area contributed by atoms with E-state index in [1.54, 1.807) is 0 Å². The second-order valence-electron chi connectivity index (χ2n) is 2.56. The Hall–Kier alpha value is -0.530. The number of nitrogens with zero attached hydrogens (tertiary/aromatic N) is 2. The zero-order valence-electron chi connectivity index (χ0n) is 4.88. The number of hydrogen-bond acceptors (Lipinski definition) is 2. The molecule has 8 heavy (non-hydrogen) atoms. The monoisotopic (exact) mass is 110 g/mol. The van der Waals surface area contributed by atoms with E-state index >= 15 is 0 Å². The van der Waals surface area contributed by atoms with Crippen molar-refractivity contribution in [2.24, 2.45) is 11.0 Å². The van der Waals surface area contributed by atoms with Gasteiger partial charge in [-0.15, -0.1) is 0 Å². The smallest absolute Gasteiger partial charge is 0.0366 e. The highest BCUT2D eigenvalue weighted by molar-refractivity contribution is 5.61. The van der Waals surface area contributed by atoms with E-state index < -0.39 is 0 Å². The van der Waals surface area contributed by atoms with Gasteiger partial charge < -0.3 is 0 Å². The van der Waals surface area contributed by atoms with Gasteiger partial charge in [0.15, 0.2) is 0 Å². The third kappa shape index (κ3) is 0.522. The third-order valence-electron chi connectivity index (χ3n) is 1.96. The van der Waals surface area contributed by atoms with Gasteiger partial charge >= 0.3 is 0 Å². The van der Waals surface area contributed by atoms with Crippen LogP contribution in [-0.2, 0) is 0 Å². The molecule has 0 aromatic carbocycles. The van der Waals surface area contributed by atoms with Gasteiger partial charge in [-0.3, -0.25) is 5.01 Å². The van der Waals surface area contributed by atoms with Crippen LogP contribution in [0.3, 0.4) is 0 Å². The first kappa shape index (κ1) is 4.36. The molecule has 44 valence electrons. The van der Waals surface area contributed by atoms with Crippen LogP contribution in [0.25, 0.3) is 0 Å². The van der Waals surface area contributed by atoms with E-state index in [-0.39, 0.29) is 0 Å². The van der Waals surface area contributed by atoms with E-state index in [9.17, 15) is 0 Å². The Morgan fingerprint density at radius 3 is 2.25 bits per heavy atom. The van der Waals surface area contributed by atoms with Crippen LogP contribution in [0.1, 0.15) is 12.8 Å².